The standard InChI is InChI=1S/C36H39N7O2/c1-25-29(12-9-13-31(25)43(36(2,3)4)35(45)26-10-7-6-8-11-26)30-24-42-19-18-37-33(42)32(39-30)38-28-16-14-27(15-17-28)34(44)41-22-20-40(5)21-23-41/h6-19,24H,20-23H2,1-5H3,(H,38,39). The third kappa shape index (κ3) is 6.17. The first-order chi connectivity index (χ1) is 21.6. The van der Waals surface area contributed by atoms with Gasteiger partial charge >= 0.3 is 0 Å². The summed E-state index contributed by atoms with van der Waals surface area (Å²) >= 11 is 0. The Balaban J connectivity index is 1.32. The number of nitrogens with zero attached hydrogens (tertiary/aromatic N) is 6. The number of amides is 2. The molecule has 1 N–H and O–H groups in total. The van der Waals surface area contributed by atoms with Crippen molar-refractivity contribution in [2.75, 3.05) is 43.4 Å². The van der Waals surface area contributed by atoms with Crippen LogP contribution in [0.3, 0.4) is 0 Å². The monoisotopic (exact) mass is 601 g/mol. The van der Waals surface area contributed by atoms with Crippen LogP contribution in [0.4, 0.5) is 17.2 Å². The quantitative estimate of drug-likeness (QED) is 0.247. The first-order valence-corrected chi connectivity index (χ1v) is 15.3. The molecular weight excluding hydrogens is 562 g/mol. The molecule has 9 nitrogen and oxygen atoms in total. The predicted octanol–water partition coefficient (Wildman–Crippen LogP) is 6.28. The number of carbonyl (C=O) groups is 2. The number of aromatic nitrogens is 3. The zero-order valence-electron chi connectivity index (χ0n) is 26.5. The molecule has 230 valence electrons. The van der Waals surface area contributed by atoms with Gasteiger partial charge in [0.2, 0.25) is 0 Å². The highest BCUT2D eigenvalue weighted by molar-refractivity contribution is 6.07. The Morgan fingerprint density at radius 3 is 2.27 bits per heavy atom. The molecule has 3 heterocycles. The number of fused-ring (bicyclic) bond motifs is 1. The Kier molecular flexibility index (Phi) is 8.12. The van der Waals surface area contributed by atoms with E-state index in [1.807, 2.05) is 127 Å². The molecule has 0 atom stereocenters. The van der Waals surface area contributed by atoms with Crippen molar-refractivity contribution in [2.45, 2.75) is 33.2 Å². The van der Waals surface area contributed by atoms with E-state index in [4.69, 9.17) is 4.98 Å². The lowest BCUT2D eigenvalue weighted by molar-refractivity contribution is 0.0664. The van der Waals surface area contributed by atoms with Crippen LogP contribution in [-0.2, 0) is 0 Å². The van der Waals surface area contributed by atoms with Crippen LogP contribution in [0.15, 0.2) is 91.4 Å². The van der Waals surface area contributed by atoms with E-state index in [0.29, 0.717) is 22.6 Å². The van der Waals surface area contributed by atoms with Gasteiger partial charge in [0.05, 0.1) is 5.69 Å². The topological polar surface area (TPSA) is 86.1 Å². The molecule has 9 heteroatoms. The van der Waals surface area contributed by atoms with Crippen LogP contribution in [-0.4, -0.2) is 74.7 Å². The number of anilines is 3. The molecule has 0 spiro atoms. The Morgan fingerprint density at radius 2 is 1.58 bits per heavy atom. The van der Waals surface area contributed by atoms with Gasteiger partial charge in [-0.25, -0.2) is 9.97 Å². The largest absolute Gasteiger partial charge is 0.337 e. The zero-order valence-corrected chi connectivity index (χ0v) is 26.5. The highest BCUT2D eigenvalue weighted by Crippen LogP contribution is 2.35. The number of nitrogens with one attached hydrogen (secondary N) is 1. The third-order valence-electron chi connectivity index (χ3n) is 8.28. The minimum atomic E-state index is -0.470. The minimum Gasteiger partial charge on any atom is -0.337 e. The molecular formula is C36H39N7O2. The summed E-state index contributed by atoms with van der Waals surface area (Å²) in [6.45, 7) is 11.4. The molecule has 6 rings (SSSR count). The fourth-order valence-electron chi connectivity index (χ4n) is 5.80. The molecule has 1 aliphatic heterocycles. The maximum absolute atomic E-state index is 13.8. The number of hydrogen-bond acceptors (Lipinski definition) is 6. The molecule has 45 heavy (non-hydrogen) atoms. The van der Waals surface area contributed by atoms with Crippen molar-refractivity contribution in [3.63, 3.8) is 0 Å². The highest BCUT2D eigenvalue weighted by atomic mass is 16.2. The first kappa shape index (κ1) is 30.0. The summed E-state index contributed by atoms with van der Waals surface area (Å²) in [6, 6.07) is 22.9. The Bertz CT molecular complexity index is 1830. The molecule has 0 unspecified atom stereocenters. The Labute approximate surface area is 264 Å². The second-order valence-electron chi connectivity index (χ2n) is 12.6. The zero-order chi connectivity index (χ0) is 31.7. The summed E-state index contributed by atoms with van der Waals surface area (Å²) in [4.78, 5) is 42.4. The molecule has 5 aromatic rings. The van der Waals surface area contributed by atoms with Gasteiger partial charge in [-0.15, -0.1) is 0 Å². The van der Waals surface area contributed by atoms with Crippen LogP contribution in [0.2, 0.25) is 0 Å². The normalized spacial score (nSPS) is 14.0. The van der Waals surface area contributed by atoms with Crippen LogP contribution in [0.5, 0.6) is 0 Å². The van der Waals surface area contributed by atoms with Gasteiger partial charge in [0, 0.05) is 78.4 Å². The predicted molar refractivity (Wildman–Crippen MR) is 179 cm³/mol. The molecule has 2 amide bonds. The number of benzene rings is 3. The van der Waals surface area contributed by atoms with Crippen LogP contribution < -0.4 is 10.2 Å². The van der Waals surface area contributed by atoms with E-state index in [0.717, 1.165) is 54.4 Å². The Morgan fingerprint density at radius 1 is 0.867 bits per heavy atom. The first-order valence-electron chi connectivity index (χ1n) is 15.3. The molecule has 1 fully saturated rings. The van der Waals surface area contributed by atoms with Gasteiger partial charge in [0.1, 0.15) is 0 Å². The van der Waals surface area contributed by atoms with Crippen molar-refractivity contribution in [3.8, 4) is 11.3 Å². The van der Waals surface area contributed by atoms with E-state index in [-0.39, 0.29) is 11.8 Å². The maximum Gasteiger partial charge on any atom is 0.258 e. The summed E-state index contributed by atoms with van der Waals surface area (Å²) in [5, 5.41) is 3.42. The number of imidazole rings is 1. The average molecular weight is 602 g/mol. The van der Waals surface area contributed by atoms with Gasteiger partial charge in [0.15, 0.2) is 11.5 Å². The van der Waals surface area contributed by atoms with Crippen molar-refractivity contribution in [2.24, 2.45) is 0 Å². The van der Waals surface area contributed by atoms with Crippen molar-refractivity contribution < 1.29 is 9.59 Å². The van der Waals surface area contributed by atoms with Gasteiger partial charge in [-0.3, -0.25) is 9.59 Å². The Hall–Kier alpha value is -5.02. The summed E-state index contributed by atoms with van der Waals surface area (Å²) in [7, 11) is 2.08. The maximum atomic E-state index is 13.8. The fourth-order valence-corrected chi connectivity index (χ4v) is 5.80. The van der Waals surface area contributed by atoms with E-state index in [9.17, 15) is 9.59 Å². The molecule has 1 saturated heterocycles. The second kappa shape index (κ2) is 12.2. The lowest BCUT2D eigenvalue weighted by Crippen LogP contribution is -2.47. The highest BCUT2D eigenvalue weighted by Gasteiger charge is 2.31. The van der Waals surface area contributed by atoms with Gasteiger partial charge in [-0.05, 0) is 82.8 Å². The van der Waals surface area contributed by atoms with Crippen molar-refractivity contribution in [1.29, 1.82) is 0 Å². The minimum absolute atomic E-state index is 0.0517. The number of carbonyl (C=O) groups excluding carboxylic acids is 2. The van der Waals surface area contributed by atoms with Crippen molar-refractivity contribution in [1.82, 2.24) is 24.2 Å². The van der Waals surface area contributed by atoms with Crippen molar-refractivity contribution >= 4 is 34.7 Å². The lowest BCUT2D eigenvalue weighted by Gasteiger charge is -2.37. The number of piperazine rings is 1. The smallest absolute Gasteiger partial charge is 0.258 e. The molecule has 0 bridgehead atoms. The van der Waals surface area contributed by atoms with Gasteiger partial charge < -0.3 is 24.4 Å². The molecule has 2 aromatic heterocycles. The van der Waals surface area contributed by atoms with Gasteiger partial charge in [-0.1, -0.05) is 30.3 Å². The summed E-state index contributed by atoms with van der Waals surface area (Å²) in [5.74, 6) is 0.586. The molecule has 0 aliphatic carbocycles. The number of rotatable bonds is 6. The average Bonchev–Trinajstić information content (AvgIpc) is 3.51. The van der Waals surface area contributed by atoms with E-state index in [2.05, 4.69) is 22.2 Å². The van der Waals surface area contributed by atoms with Crippen LogP contribution in [0.25, 0.3) is 16.9 Å². The second-order valence-corrected chi connectivity index (χ2v) is 12.6. The summed E-state index contributed by atoms with van der Waals surface area (Å²) < 4.78 is 1.94. The van der Waals surface area contributed by atoms with E-state index in [1.54, 1.807) is 6.20 Å². The van der Waals surface area contributed by atoms with Crippen LogP contribution >= 0.6 is 0 Å². The molecule has 0 radical (unpaired) electrons. The van der Waals surface area contributed by atoms with E-state index < -0.39 is 5.54 Å². The molecule has 0 saturated carbocycles. The van der Waals surface area contributed by atoms with E-state index >= 15 is 0 Å². The third-order valence-corrected chi connectivity index (χ3v) is 8.28. The van der Waals surface area contributed by atoms with E-state index in [1.165, 1.54) is 0 Å². The van der Waals surface area contributed by atoms with Crippen molar-refractivity contribution in [3.05, 3.63) is 108 Å². The van der Waals surface area contributed by atoms with Gasteiger partial charge in [0.25, 0.3) is 11.8 Å². The van der Waals surface area contributed by atoms with Gasteiger partial charge in [-0.2, -0.15) is 0 Å². The SMILES string of the molecule is Cc1c(-c2cn3ccnc3c(Nc3ccc(C(=O)N4CCN(C)CC4)cc3)n2)cccc1N(C(=O)c1ccccc1)C(C)(C)C. The van der Waals surface area contributed by atoms with Crippen LogP contribution in [0.1, 0.15) is 47.1 Å². The number of hydrogen-bond donors (Lipinski definition) is 1. The lowest BCUT2D eigenvalue weighted by atomic mass is 9.97. The number of likely N-dealkylation sites (N-methyl/N-ethyl adjacent to an activating group) is 1. The molecule has 1 aliphatic rings. The molecule has 3 aromatic carbocycles. The van der Waals surface area contributed by atoms with Crippen LogP contribution in [0, 0.1) is 6.92 Å². The fraction of sp³-hybridized carbons (Fsp3) is 0.278. The summed E-state index contributed by atoms with van der Waals surface area (Å²) in [5.41, 5.74) is 5.75. The summed E-state index contributed by atoms with van der Waals surface area (Å²) in [6.07, 6.45) is 5.59.